The number of nitrogens with one attached hydrogen (secondary N) is 1. The van der Waals surface area contributed by atoms with Gasteiger partial charge in [0.2, 0.25) is 0 Å². The number of aromatic nitrogens is 1. The lowest BCUT2D eigenvalue weighted by molar-refractivity contribution is 0.0783. The van der Waals surface area contributed by atoms with Crippen LogP contribution in [0.3, 0.4) is 0 Å². The van der Waals surface area contributed by atoms with Crippen LogP contribution >= 0.6 is 23.2 Å². The molecule has 0 radical (unpaired) electrons. The van der Waals surface area contributed by atoms with E-state index in [0.717, 1.165) is 5.56 Å². The largest absolute Gasteiger partial charge is 0.337 e. The van der Waals surface area contributed by atoms with E-state index in [4.69, 9.17) is 23.2 Å². The van der Waals surface area contributed by atoms with Crippen molar-refractivity contribution in [2.45, 2.75) is 13.5 Å². The van der Waals surface area contributed by atoms with Crippen LogP contribution in [0.5, 0.6) is 0 Å². The molecule has 0 saturated carbocycles. The molecule has 6 heteroatoms. The number of halogens is 2. The SMILES string of the molecule is Cc1ccc(C(=O)N(C)Cc2ccc(Cl)c(Cl)c2)c(=O)[nH]1. The van der Waals surface area contributed by atoms with Crippen LogP contribution in [0.4, 0.5) is 0 Å². The number of benzene rings is 1. The van der Waals surface area contributed by atoms with E-state index in [1.54, 1.807) is 38.2 Å². The molecule has 0 fully saturated rings. The Labute approximate surface area is 132 Å². The first-order valence-electron chi connectivity index (χ1n) is 6.28. The Morgan fingerprint density at radius 1 is 1.19 bits per heavy atom. The predicted octanol–water partition coefficient (Wildman–Crippen LogP) is 3.26. The molecule has 21 heavy (non-hydrogen) atoms. The topological polar surface area (TPSA) is 53.2 Å². The Kier molecular flexibility index (Phi) is 4.70. The molecule has 1 N–H and O–H groups in total. The fraction of sp³-hybridized carbons (Fsp3) is 0.200. The molecule has 2 rings (SSSR count). The van der Waals surface area contributed by atoms with Crippen LogP contribution in [0.15, 0.2) is 35.1 Å². The Morgan fingerprint density at radius 3 is 2.52 bits per heavy atom. The summed E-state index contributed by atoms with van der Waals surface area (Å²) in [4.78, 5) is 28.1. The number of aryl methyl sites for hydroxylation is 1. The van der Waals surface area contributed by atoms with Gasteiger partial charge in [0.15, 0.2) is 0 Å². The first kappa shape index (κ1) is 15.6. The van der Waals surface area contributed by atoms with Crippen molar-refractivity contribution in [2.75, 3.05) is 7.05 Å². The molecule has 110 valence electrons. The van der Waals surface area contributed by atoms with Gasteiger partial charge in [0.25, 0.3) is 11.5 Å². The van der Waals surface area contributed by atoms with Gasteiger partial charge in [-0.3, -0.25) is 9.59 Å². The molecule has 1 amide bonds. The molecule has 2 aromatic rings. The van der Waals surface area contributed by atoms with Crippen molar-refractivity contribution in [1.82, 2.24) is 9.88 Å². The zero-order valence-electron chi connectivity index (χ0n) is 11.6. The number of rotatable bonds is 3. The fourth-order valence-electron chi connectivity index (χ4n) is 1.93. The van der Waals surface area contributed by atoms with Gasteiger partial charge in [-0.05, 0) is 36.8 Å². The highest BCUT2D eigenvalue weighted by atomic mass is 35.5. The third-order valence-corrected chi connectivity index (χ3v) is 3.78. The third kappa shape index (κ3) is 3.65. The number of amides is 1. The second-order valence-electron chi connectivity index (χ2n) is 4.79. The van der Waals surface area contributed by atoms with Crippen LogP contribution in [-0.4, -0.2) is 22.8 Å². The third-order valence-electron chi connectivity index (χ3n) is 3.04. The standard InChI is InChI=1S/C15H14Cl2N2O2/c1-9-3-5-11(14(20)18-9)15(21)19(2)8-10-4-6-12(16)13(17)7-10/h3-7H,8H2,1-2H3,(H,18,20). The van der Waals surface area contributed by atoms with Crippen molar-refractivity contribution in [3.8, 4) is 0 Å². The Morgan fingerprint density at radius 2 is 1.90 bits per heavy atom. The van der Waals surface area contributed by atoms with Crippen LogP contribution in [0.2, 0.25) is 10.0 Å². The number of H-pyrrole nitrogens is 1. The van der Waals surface area contributed by atoms with Gasteiger partial charge < -0.3 is 9.88 Å². The Hall–Kier alpha value is -1.78. The summed E-state index contributed by atoms with van der Waals surface area (Å²) in [6, 6.07) is 8.39. The van der Waals surface area contributed by atoms with E-state index in [1.165, 1.54) is 11.0 Å². The molecule has 1 aromatic heterocycles. The van der Waals surface area contributed by atoms with Crippen LogP contribution in [0, 0.1) is 6.92 Å². The van der Waals surface area contributed by atoms with E-state index < -0.39 is 0 Å². The summed E-state index contributed by atoms with van der Waals surface area (Å²) < 4.78 is 0. The molecular formula is C15H14Cl2N2O2. The molecule has 0 spiro atoms. The molecule has 0 aliphatic carbocycles. The lowest BCUT2D eigenvalue weighted by Gasteiger charge is -2.17. The summed E-state index contributed by atoms with van der Waals surface area (Å²) in [6.45, 7) is 2.10. The van der Waals surface area contributed by atoms with Crippen molar-refractivity contribution in [1.29, 1.82) is 0 Å². The average Bonchev–Trinajstić information content (AvgIpc) is 2.42. The second-order valence-corrected chi connectivity index (χ2v) is 5.61. The van der Waals surface area contributed by atoms with Gasteiger partial charge in [0, 0.05) is 19.3 Å². The molecule has 0 unspecified atom stereocenters. The first-order chi connectivity index (χ1) is 9.88. The van der Waals surface area contributed by atoms with Gasteiger partial charge in [-0.2, -0.15) is 0 Å². The smallest absolute Gasteiger partial charge is 0.260 e. The highest BCUT2D eigenvalue weighted by molar-refractivity contribution is 6.42. The molecule has 4 nitrogen and oxygen atoms in total. The van der Waals surface area contributed by atoms with Crippen molar-refractivity contribution >= 4 is 29.1 Å². The summed E-state index contributed by atoms with van der Waals surface area (Å²) in [5.74, 6) is -0.345. The maximum atomic E-state index is 12.3. The quantitative estimate of drug-likeness (QED) is 0.942. The first-order valence-corrected chi connectivity index (χ1v) is 7.03. The maximum Gasteiger partial charge on any atom is 0.260 e. The molecular weight excluding hydrogens is 311 g/mol. The normalized spacial score (nSPS) is 10.5. The van der Waals surface area contributed by atoms with E-state index >= 15 is 0 Å². The maximum absolute atomic E-state index is 12.3. The predicted molar refractivity (Wildman–Crippen MR) is 84.1 cm³/mol. The number of aromatic amines is 1. The monoisotopic (exact) mass is 324 g/mol. The minimum Gasteiger partial charge on any atom is -0.337 e. The van der Waals surface area contributed by atoms with Crippen molar-refractivity contribution in [2.24, 2.45) is 0 Å². The summed E-state index contributed by atoms with van der Waals surface area (Å²) >= 11 is 11.8. The number of pyridine rings is 1. The van der Waals surface area contributed by atoms with Gasteiger partial charge in [0.1, 0.15) is 5.56 Å². The van der Waals surface area contributed by atoms with Crippen LogP contribution in [0.1, 0.15) is 21.6 Å². The number of hydrogen-bond donors (Lipinski definition) is 1. The van der Waals surface area contributed by atoms with Crippen molar-refractivity contribution in [3.05, 3.63) is 67.6 Å². The van der Waals surface area contributed by atoms with Crippen molar-refractivity contribution in [3.63, 3.8) is 0 Å². The van der Waals surface area contributed by atoms with E-state index in [9.17, 15) is 9.59 Å². The number of carbonyl (C=O) groups excluding carboxylic acids is 1. The minimum absolute atomic E-state index is 0.114. The molecule has 0 bridgehead atoms. The molecule has 0 aliphatic heterocycles. The summed E-state index contributed by atoms with van der Waals surface area (Å²) in [5, 5.41) is 0.896. The summed E-state index contributed by atoms with van der Waals surface area (Å²) in [6.07, 6.45) is 0. The lowest BCUT2D eigenvalue weighted by atomic mass is 10.2. The highest BCUT2D eigenvalue weighted by Crippen LogP contribution is 2.23. The van der Waals surface area contributed by atoms with E-state index in [2.05, 4.69) is 4.98 Å². The van der Waals surface area contributed by atoms with Crippen LogP contribution in [-0.2, 0) is 6.54 Å². The second kappa shape index (κ2) is 6.33. The summed E-state index contributed by atoms with van der Waals surface area (Å²) in [7, 11) is 1.63. The minimum atomic E-state index is -0.388. The fourth-order valence-corrected chi connectivity index (χ4v) is 2.25. The highest BCUT2D eigenvalue weighted by Gasteiger charge is 2.16. The number of nitrogens with zero attached hydrogens (tertiary/aromatic N) is 1. The van der Waals surface area contributed by atoms with E-state index in [1.807, 2.05) is 0 Å². The summed E-state index contributed by atoms with van der Waals surface area (Å²) in [5.41, 5.74) is 1.27. The van der Waals surface area contributed by atoms with Gasteiger partial charge in [-0.1, -0.05) is 29.3 Å². The number of carbonyl (C=O) groups is 1. The van der Waals surface area contributed by atoms with Crippen LogP contribution in [0.25, 0.3) is 0 Å². The zero-order chi connectivity index (χ0) is 15.6. The van der Waals surface area contributed by atoms with Crippen molar-refractivity contribution < 1.29 is 4.79 Å². The molecule has 0 saturated heterocycles. The molecule has 0 atom stereocenters. The Bertz CT molecular complexity index is 741. The number of hydrogen-bond acceptors (Lipinski definition) is 2. The molecule has 1 aromatic carbocycles. The van der Waals surface area contributed by atoms with Gasteiger partial charge in [-0.25, -0.2) is 0 Å². The Balaban J connectivity index is 2.19. The lowest BCUT2D eigenvalue weighted by Crippen LogP contribution is -2.31. The van der Waals surface area contributed by atoms with Gasteiger partial charge in [0.05, 0.1) is 10.0 Å². The van der Waals surface area contributed by atoms with Gasteiger partial charge >= 0.3 is 0 Å². The molecule has 1 heterocycles. The zero-order valence-corrected chi connectivity index (χ0v) is 13.1. The average molecular weight is 325 g/mol. The molecule has 0 aliphatic rings. The van der Waals surface area contributed by atoms with E-state index in [-0.39, 0.29) is 17.0 Å². The van der Waals surface area contributed by atoms with Gasteiger partial charge in [-0.15, -0.1) is 0 Å². The van der Waals surface area contributed by atoms with E-state index in [0.29, 0.717) is 22.3 Å². The van der Waals surface area contributed by atoms with Crippen LogP contribution < -0.4 is 5.56 Å².